The van der Waals surface area contributed by atoms with Crippen LogP contribution in [0.3, 0.4) is 0 Å². The maximum Gasteiger partial charge on any atom is 0.251 e. The van der Waals surface area contributed by atoms with Gasteiger partial charge in [0.2, 0.25) is 0 Å². The second kappa shape index (κ2) is 7.09. The summed E-state index contributed by atoms with van der Waals surface area (Å²) in [5.41, 5.74) is 1.79. The number of nitrogens with one attached hydrogen (secondary N) is 1. The molecule has 8 heteroatoms. The molecule has 3 aromatic rings. The number of amides is 1. The monoisotopic (exact) mass is 370 g/mol. The molecule has 0 spiro atoms. The fraction of sp³-hybridized carbons (Fsp3) is 0.167. The Kier molecular flexibility index (Phi) is 4.85. The molecule has 134 valence electrons. The molecule has 0 aliphatic rings. The standard InChI is InChI=1S/C18H18N4O3S/c1-13-3-4-15(10-16(13)26(2,24)25)18(23)21-11-14-5-6-20-17(9-14)22-8-7-19-12-22/h3-10,12H,11H2,1-2H3,(H,21,23). The molecule has 1 N–H and O–H groups in total. The van der Waals surface area contributed by atoms with E-state index < -0.39 is 9.84 Å². The van der Waals surface area contributed by atoms with Gasteiger partial charge in [-0.2, -0.15) is 0 Å². The van der Waals surface area contributed by atoms with Gasteiger partial charge in [-0.3, -0.25) is 9.36 Å². The highest BCUT2D eigenvalue weighted by molar-refractivity contribution is 7.90. The number of benzene rings is 1. The molecule has 1 aromatic carbocycles. The van der Waals surface area contributed by atoms with E-state index in [9.17, 15) is 13.2 Å². The van der Waals surface area contributed by atoms with Crippen molar-refractivity contribution in [3.8, 4) is 5.82 Å². The van der Waals surface area contributed by atoms with Crippen LogP contribution in [0.25, 0.3) is 5.82 Å². The van der Waals surface area contributed by atoms with Crippen molar-refractivity contribution in [1.82, 2.24) is 19.9 Å². The van der Waals surface area contributed by atoms with Crippen molar-refractivity contribution >= 4 is 15.7 Å². The number of carbonyl (C=O) groups is 1. The van der Waals surface area contributed by atoms with Crippen LogP contribution < -0.4 is 5.32 Å². The molecular formula is C18H18N4O3S. The smallest absolute Gasteiger partial charge is 0.251 e. The lowest BCUT2D eigenvalue weighted by Gasteiger charge is -2.09. The maximum absolute atomic E-state index is 12.4. The number of carbonyl (C=O) groups excluding carboxylic acids is 1. The normalized spacial score (nSPS) is 11.3. The van der Waals surface area contributed by atoms with Crippen molar-refractivity contribution in [1.29, 1.82) is 0 Å². The average Bonchev–Trinajstić information content (AvgIpc) is 3.14. The largest absolute Gasteiger partial charge is 0.348 e. The van der Waals surface area contributed by atoms with E-state index in [0.29, 0.717) is 23.5 Å². The van der Waals surface area contributed by atoms with Gasteiger partial charge in [0.05, 0.1) is 4.90 Å². The number of aryl methyl sites for hydroxylation is 1. The summed E-state index contributed by atoms with van der Waals surface area (Å²) >= 11 is 0. The number of rotatable bonds is 5. The minimum absolute atomic E-state index is 0.163. The molecule has 0 aliphatic carbocycles. The highest BCUT2D eigenvalue weighted by atomic mass is 32.2. The lowest BCUT2D eigenvalue weighted by atomic mass is 10.1. The second-order valence-electron chi connectivity index (χ2n) is 5.93. The molecule has 2 heterocycles. The van der Waals surface area contributed by atoms with Gasteiger partial charge in [-0.05, 0) is 42.3 Å². The third kappa shape index (κ3) is 3.97. The molecular weight excluding hydrogens is 352 g/mol. The molecule has 26 heavy (non-hydrogen) atoms. The minimum atomic E-state index is -3.38. The van der Waals surface area contributed by atoms with Crippen molar-refractivity contribution < 1.29 is 13.2 Å². The first-order valence-electron chi connectivity index (χ1n) is 7.87. The summed E-state index contributed by atoms with van der Waals surface area (Å²) in [5, 5.41) is 2.80. The molecule has 0 radical (unpaired) electrons. The summed E-state index contributed by atoms with van der Waals surface area (Å²) in [7, 11) is -3.38. The molecule has 0 bridgehead atoms. The Morgan fingerprint density at radius 1 is 1.19 bits per heavy atom. The van der Waals surface area contributed by atoms with Crippen molar-refractivity contribution in [3.05, 3.63) is 71.9 Å². The van der Waals surface area contributed by atoms with Gasteiger partial charge in [-0.1, -0.05) is 6.07 Å². The molecule has 3 rings (SSSR count). The molecule has 2 aromatic heterocycles. The first-order valence-corrected chi connectivity index (χ1v) is 9.76. The Labute approximate surface area is 151 Å². The van der Waals surface area contributed by atoms with Gasteiger partial charge in [0.1, 0.15) is 12.1 Å². The SMILES string of the molecule is Cc1ccc(C(=O)NCc2ccnc(-n3ccnc3)c2)cc1S(C)(=O)=O. The number of nitrogens with zero attached hydrogens (tertiary/aromatic N) is 3. The van der Waals surface area contributed by atoms with Gasteiger partial charge in [0, 0.05) is 37.0 Å². The molecule has 0 saturated heterocycles. The van der Waals surface area contributed by atoms with Crippen LogP contribution in [0.4, 0.5) is 0 Å². The fourth-order valence-corrected chi connectivity index (χ4v) is 3.53. The van der Waals surface area contributed by atoms with Crippen molar-refractivity contribution in [2.24, 2.45) is 0 Å². The van der Waals surface area contributed by atoms with Gasteiger partial charge >= 0.3 is 0 Å². The van der Waals surface area contributed by atoms with Crippen LogP contribution in [0.5, 0.6) is 0 Å². The van der Waals surface area contributed by atoms with Crippen LogP contribution in [0.1, 0.15) is 21.5 Å². The zero-order valence-corrected chi connectivity index (χ0v) is 15.2. The van der Waals surface area contributed by atoms with E-state index in [0.717, 1.165) is 11.8 Å². The zero-order chi connectivity index (χ0) is 18.7. The molecule has 0 fully saturated rings. The van der Waals surface area contributed by atoms with Gasteiger partial charge < -0.3 is 5.32 Å². The van der Waals surface area contributed by atoms with Crippen LogP contribution >= 0.6 is 0 Å². The number of imidazole rings is 1. The first-order chi connectivity index (χ1) is 12.3. The summed E-state index contributed by atoms with van der Waals surface area (Å²) in [6, 6.07) is 8.30. The average molecular weight is 370 g/mol. The number of aromatic nitrogens is 3. The highest BCUT2D eigenvalue weighted by Crippen LogP contribution is 2.17. The van der Waals surface area contributed by atoms with E-state index in [2.05, 4.69) is 15.3 Å². The van der Waals surface area contributed by atoms with Gasteiger partial charge in [0.15, 0.2) is 9.84 Å². The fourth-order valence-electron chi connectivity index (χ4n) is 2.53. The predicted molar refractivity (Wildman–Crippen MR) is 96.8 cm³/mol. The molecule has 0 unspecified atom stereocenters. The van der Waals surface area contributed by atoms with E-state index in [1.165, 1.54) is 6.07 Å². The van der Waals surface area contributed by atoms with E-state index in [1.54, 1.807) is 54.6 Å². The van der Waals surface area contributed by atoms with E-state index in [-0.39, 0.29) is 10.8 Å². The van der Waals surface area contributed by atoms with Crippen LogP contribution in [0.2, 0.25) is 0 Å². The summed E-state index contributed by atoms with van der Waals surface area (Å²) in [6.07, 6.45) is 7.87. The van der Waals surface area contributed by atoms with E-state index >= 15 is 0 Å². The van der Waals surface area contributed by atoms with Gasteiger partial charge in [-0.15, -0.1) is 0 Å². The molecule has 0 atom stereocenters. The van der Waals surface area contributed by atoms with Crippen LogP contribution in [0, 0.1) is 6.92 Å². The summed E-state index contributed by atoms with van der Waals surface area (Å²) < 4.78 is 25.4. The molecule has 0 aliphatic heterocycles. The quantitative estimate of drug-likeness (QED) is 0.740. The van der Waals surface area contributed by atoms with Crippen LogP contribution in [-0.2, 0) is 16.4 Å². The first kappa shape index (κ1) is 17.8. The number of hydrogen-bond donors (Lipinski definition) is 1. The van der Waals surface area contributed by atoms with Crippen molar-refractivity contribution in [2.75, 3.05) is 6.26 Å². The van der Waals surface area contributed by atoms with Gasteiger partial charge in [0.25, 0.3) is 5.91 Å². The van der Waals surface area contributed by atoms with E-state index in [4.69, 9.17) is 0 Å². The van der Waals surface area contributed by atoms with E-state index in [1.807, 2.05) is 6.07 Å². The van der Waals surface area contributed by atoms with Crippen molar-refractivity contribution in [2.45, 2.75) is 18.4 Å². The maximum atomic E-state index is 12.4. The van der Waals surface area contributed by atoms with Crippen LogP contribution in [0.15, 0.2) is 60.1 Å². The van der Waals surface area contributed by atoms with Gasteiger partial charge in [-0.25, -0.2) is 18.4 Å². The Bertz CT molecular complexity index is 1040. The Hall–Kier alpha value is -3.00. The summed E-state index contributed by atoms with van der Waals surface area (Å²) in [6.45, 7) is 2.00. The van der Waals surface area contributed by atoms with Crippen LogP contribution in [-0.4, -0.2) is 35.1 Å². The number of hydrogen-bond acceptors (Lipinski definition) is 5. The van der Waals surface area contributed by atoms with Crippen molar-refractivity contribution in [3.63, 3.8) is 0 Å². The third-order valence-electron chi connectivity index (χ3n) is 3.88. The molecule has 0 saturated carbocycles. The summed E-state index contributed by atoms with van der Waals surface area (Å²) in [5.74, 6) is 0.361. The second-order valence-corrected chi connectivity index (χ2v) is 7.91. The summed E-state index contributed by atoms with van der Waals surface area (Å²) in [4.78, 5) is 20.8. The topological polar surface area (TPSA) is 93.9 Å². The predicted octanol–water partition coefficient (Wildman–Crippen LogP) is 1.91. The minimum Gasteiger partial charge on any atom is -0.348 e. The highest BCUT2D eigenvalue weighted by Gasteiger charge is 2.14. The molecule has 1 amide bonds. The Morgan fingerprint density at radius 3 is 2.69 bits per heavy atom. The number of sulfone groups is 1. The lowest BCUT2D eigenvalue weighted by molar-refractivity contribution is 0.0950. The lowest BCUT2D eigenvalue weighted by Crippen LogP contribution is -2.23. The Balaban J connectivity index is 1.75. The zero-order valence-electron chi connectivity index (χ0n) is 14.4. The molecule has 7 nitrogen and oxygen atoms in total. The Morgan fingerprint density at radius 2 is 2.00 bits per heavy atom. The third-order valence-corrected chi connectivity index (χ3v) is 5.12. The number of pyridine rings is 1.